The summed E-state index contributed by atoms with van der Waals surface area (Å²) in [6.07, 6.45) is 0.698. The molecule has 0 spiro atoms. The summed E-state index contributed by atoms with van der Waals surface area (Å²) in [6.45, 7) is 1.98. The van der Waals surface area contributed by atoms with Crippen molar-refractivity contribution in [2.75, 3.05) is 10.0 Å². The molecule has 2 aromatic carbocycles. The third-order valence-electron chi connectivity index (χ3n) is 3.77. The van der Waals surface area contributed by atoms with E-state index >= 15 is 0 Å². The number of aromatic nitrogens is 1. The molecule has 1 aromatic heterocycles. The maximum Gasteiger partial charge on any atom is 0.263 e. The first-order valence-electron chi connectivity index (χ1n) is 8.31. The van der Waals surface area contributed by atoms with Gasteiger partial charge in [-0.3, -0.25) is 9.52 Å². The Morgan fingerprint density at radius 1 is 1.07 bits per heavy atom. The molecule has 0 aliphatic carbocycles. The van der Waals surface area contributed by atoms with Crippen LogP contribution in [0.15, 0.2) is 64.9 Å². The van der Waals surface area contributed by atoms with E-state index < -0.39 is 10.0 Å². The van der Waals surface area contributed by atoms with Crippen molar-refractivity contribution in [1.82, 2.24) is 4.98 Å². The van der Waals surface area contributed by atoms with Crippen molar-refractivity contribution >= 4 is 38.1 Å². The lowest BCUT2D eigenvalue weighted by Gasteiger charge is -2.05. The Kier molecular flexibility index (Phi) is 5.88. The number of carbonyl (C=O) groups excluding carboxylic acids is 1. The van der Waals surface area contributed by atoms with Gasteiger partial charge in [0.05, 0.1) is 10.6 Å². The molecule has 0 bridgehead atoms. The van der Waals surface area contributed by atoms with Gasteiger partial charge in [-0.2, -0.15) is 0 Å². The first kappa shape index (κ1) is 19.1. The van der Waals surface area contributed by atoms with Crippen LogP contribution in [0.1, 0.15) is 17.7 Å². The van der Waals surface area contributed by atoms with Crippen LogP contribution < -0.4 is 10.0 Å². The topological polar surface area (TPSA) is 88.2 Å². The van der Waals surface area contributed by atoms with Gasteiger partial charge >= 0.3 is 0 Å². The molecule has 27 heavy (non-hydrogen) atoms. The molecule has 0 aliphatic rings. The van der Waals surface area contributed by atoms with E-state index in [9.17, 15) is 13.2 Å². The standard InChI is InChI=1S/C19H19N3O3S2/c1-14-7-9-15(10-8-14)20-18(23)12-11-16-13-26-19(21-16)22-27(24,25)17-5-3-2-4-6-17/h2-10,13H,11-12H2,1H3,(H,20,23)(H,21,22). The van der Waals surface area contributed by atoms with Crippen LogP contribution in [-0.2, 0) is 21.2 Å². The maximum atomic E-state index is 12.3. The molecule has 6 nitrogen and oxygen atoms in total. The first-order valence-corrected chi connectivity index (χ1v) is 10.7. The van der Waals surface area contributed by atoms with Gasteiger partial charge in [0.15, 0.2) is 5.13 Å². The minimum absolute atomic E-state index is 0.113. The van der Waals surface area contributed by atoms with Crippen molar-refractivity contribution < 1.29 is 13.2 Å². The number of amides is 1. The van der Waals surface area contributed by atoms with Gasteiger partial charge in [0.1, 0.15) is 0 Å². The SMILES string of the molecule is Cc1ccc(NC(=O)CCc2csc(NS(=O)(=O)c3ccccc3)n2)cc1. The smallest absolute Gasteiger partial charge is 0.263 e. The van der Waals surface area contributed by atoms with Gasteiger partial charge in [0, 0.05) is 17.5 Å². The summed E-state index contributed by atoms with van der Waals surface area (Å²) < 4.78 is 27.1. The van der Waals surface area contributed by atoms with Gasteiger partial charge < -0.3 is 5.32 Å². The highest BCUT2D eigenvalue weighted by Crippen LogP contribution is 2.21. The number of aryl methyl sites for hydroxylation is 2. The summed E-state index contributed by atoms with van der Waals surface area (Å²) in [4.78, 5) is 16.5. The number of carbonyl (C=O) groups is 1. The molecule has 0 atom stereocenters. The van der Waals surface area contributed by atoms with Gasteiger partial charge in [-0.25, -0.2) is 13.4 Å². The zero-order valence-corrected chi connectivity index (χ0v) is 16.3. The molecule has 3 aromatic rings. The van der Waals surface area contributed by atoms with Crippen LogP contribution in [0.2, 0.25) is 0 Å². The van der Waals surface area contributed by atoms with Gasteiger partial charge in [-0.15, -0.1) is 11.3 Å². The van der Waals surface area contributed by atoms with Crippen molar-refractivity contribution in [2.45, 2.75) is 24.7 Å². The van der Waals surface area contributed by atoms with E-state index in [1.54, 1.807) is 23.6 Å². The lowest BCUT2D eigenvalue weighted by Crippen LogP contribution is -2.13. The summed E-state index contributed by atoms with van der Waals surface area (Å²) in [5, 5.41) is 4.87. The Morgan fingerprint density at radius 3 is 2.48 bits per heavy atom. The predicted molar refractivity (Wildman–Crippen MR) is 107 cm³/mol. The quantitative estimate of drug-likeness (QED) is 0.630. The van der Waals surface area contributed by atoms with Crippen LogP contribution in [0.4, 0.5) is 10.8 Å². The predicted octanol–water partition coefficient (Wildman–Crippen LogP) is 3.82. The zero-order chi connectivity index (χ0) is 19.3. The number of benzene rings is 2. The van der Waals surface area contributed by atoms with Crippen molar-refractivity contribution in [3.63, 3.8) is 0 Å². The van der Waals surface area contributed by atoms with Crippen LogP contribution in [0.3, 0.4) is 0 Å². The Labute approximate surface area is 162 Å². The highest BCUT2D eigenvalue weighted by atomic mass is 32.2. The first-order chi connectivity index (χ1) is 12.9. The monoisotopic (exact) mass is 401 g/mol. The molecule has 1 amide bonds. The summed E-state index contributed by atoms with van der Waals surface area (Å²) in [5.74, 6) is -0.113. The van der Waals surface area contributed by atoms with Crippen LogP contribution in [0.25, 0.3) is 0 Å². The Balaban J connectivity index is 1.55. The molecular formula is C19H19N3O3S2. The number of thiazole rings is 1. The van der Waals surface area contributed by atoms with E-state index in [-0.39, 0.29) is 22.4 Å². The number of hydrogen-bond acceptors (Lipinski definition) is 5. The number of sulfonamides is 1. The largest absolute Gasteiger partial charge is 0.326 e. The molecule has 2 N–H and O–H groups in total. The fourth-order valence-corrected chi connectivity index (χ4v) is 4.36. The Bertz CT molecular complexity index is 1010. The highest BCUT2D eigenvalue weighted by molar-refractivity contribution is 7.93. The molecule has 0 fully saturated rings. The van der Waals surface area contributed by atoms with Crippen molar-refractivity contribution in [1.29, 1.82) is 0 Å². The summed E-state index contributed by atoms with van der Waals surface area (Å²) >= 11 is 1.20. The second-order valence-corrected chi connectivity index (χ2v) is 8.52. The number of rotatable bonds is 7. The zero-order valence-electron chi connectivity index (χ0n) is 14.7. The van der Waals surface area contributed by atoms with Crippen LogP contribution >= 0.6 is 11.3 Å². The number of hydrogen-bond donors (Lipinski definition) is 2. The third-order valence-corrected chi connectivity index (χ3v) is 6.06. The Hall–Kier alpha value is -2.71. The molecule has 0 unspecified atom stereocenters. The summed E-state index contributed by atoms with van der Waals surface area (Å²) in [5.41, 5.74) is 2.55. The van der Waals surface area contributed by atoms with Crippen LogP contribution in [0.5, 0.6) is 0 Å². The molecule has 0 radical (unpaired) electrons. The summed E-state index contributed by atoms with van der Waals surface area (Å²) in [7, 11) is -3.66. The number of anilines is 2. The molecule has 1 heterocycles. The van der Waals surface area contributed by atoms with E-state index in [0.717, 1.165) is 11.3 Å². The number of nitrogens with zero attached hydrogens (tertiary/aromatic N) is 1. The maximum absolute atomic E-state index is 12.3. The van der Waals surface area contributed by atoms with Crippen molar-refractivity contribution in [3.8, 4) is 0 Å². The number of nitrogens with one attached hydrogen (secondary N) is 2. The minimum atomic E-state index is -3.66. The normalized spacial score (nSPS) is 11.1. The highest BCUT2D eigenvalue weighted by Gasteiger charge is 2.15. The second-order valence-electron chi connectivity index (χ2n) is 5.98. The third kappa shape index (κ3) is 5.38. The fraction of sp³-hybridized carbons (Fsp3) is 0.158. The molecule has 0 saturated heterocycles. The molecule has 0 saturated carbocycles. The van der Waals surface area contributed by atoms with Crippen molar-refractivity contribution in [2.24, 2.45) is 0 Å². The second kappa shape index (κ2) is 8.32. The van der Waals surface area contributed by atoms with Crippen molar-refractivity contribution in [3.05, 3.63) is 71.2 Å². The fourth-order valence-electron chi connectivity index (χ4n) is 2.34. The van der Waals surface area contributed by atoms with Gasteiger partial charge in [0.2, 0.25) is 5.91 Å². The molecule has 8 heteroatoms. The van der Waals surface area contributed by atoms with E-state index in [4.69, 9.17) is 0 Å². The molecular weight excluding hydrogens is 382 g/mol. The van der Waals surface area contributed by atoms with Gasteiger partial charge in [-0.1, -0.05) is 35.9 Å². The van der Waals surface area contributed by atoms with E-state index in [0.29, 0.717) is 12.1 Å². The molecule has 3 rings (SSSR count). The average Bonchev–Trinajstić information content (AvgIpc) is 3.09. The minimum Gasteiger partial charge on any atom is -0.326 e. The molecule has 140 valence electrons. The molecule has 0 aliphatic heterocycles. The lowest BCUT2D eigenvalue weighted by atomic mass is 10.2. The average molecular weight is 402 g/mol. The summed E-state index contributed by atoms with van der Waals surface area (Å²) in [6, 6.07) is 15.7. The van der Waals surface area contributed by atoms with Gasteiger partial charge in [0.25, 0.3) is 10.0 Å². The lowest BCUT2D eigenvalue weighted by molar-refractivity contribution is -0.116. The Morgan fingerprint density at radius 2 is 1.78 bits per heavy atom. The van der Waals surface area contributed by atoms with E-state index in [1.807, 2.05) is 31.2 Å². The van der Waals surface area contributed by atoms with E-state index in [2.05, 4.69) is 15.0 Å². The van der Waals surface area contributed by atoms with Crippen LogP contribution in [0, 0.1) is 6.92 Å². The van der Waals surface area contributed by atoms with Crippen LogP contribution in [-0.4, -0.2) is 19.3 Å². The van der Waals surface area contributed by atoms with E-state index in [1.165, 1.54) is 23.5 Å². The van der Waals surface area contributed by atoms with Gasteiger partial charge in [-0.05, 0) is 37.6 Å².